The van der Waals surface area contributed by atoms with E-state index in [0.717, 1.165) is 22.3 Å². The summed E-state index contributed by atoms with van der Waals surface area (Å²) in [6.45, 7) is 0. The van der Waals surface area contributed by atoms with Crippen LogP contribution in [0.5, 0.6) is 11.5 Å². The van der Waals surface area contributed by atoms with E-state index in [0.29, 0.717) is 22.3 Å². The third-order valence-electron chi connectivity index (χ3n) is 4.68. The SMILES string of the molecule is COc1ccc(NC(=O)CSc2nnc(-c3c[nH]c4ccccc34)n2C)c(OC)c1. The molecule has 0 bridgehead atoms. The molecule has 0 saturated heterocycles. The van der Waals surface area contributed by atoms with Gasteiger partial charge >= 0.3 is 0 Å². The summed E-state index contributed by atoms with van der Waals surface area (Å²) in [5.74, 6) is 1.96. The number of thioether (sulfide) groups is 1. The molecular formula is C21H21N5O3S. The van der Waals surface area contributed by atoms with Crippen LogP contribution in [0, 0.1) is 0 Å². The van der Waals surface area contributed by atoms with E-state index >= 15 is 0 Å². The topological polar surface area (TPSA) is 94.1 Å². The van der Waals surface area contributed by atoms with Crippen molar-refractivity contribution in [3.63, 3.8) is 0 Å². The second kappa shape index (κ2) is 8.50. The number of aromatic nitrogens is 4. The van der Waals surface area contributed by atoms with Crippen molar-refractivity contribution < 1.29 is 14.3 Å². The number of amides is 1. The van der Waals surface area contributed by atoms with E-state index < -0.39 is 0 Å². The number of nitrogens with zero attached hydrogens (tertiary/aromatic N) is 3. The number of rotatable bonds is 7. The largest absolute Gasteiger partial charge is 0.497 e. The van der Waals surface area contributed by atoms with E-state index in [1.54, 1.807) is 32.4 Å². The molecule has 8 nitrogen and oxygen atoms in total. The number of ether oxygens (including phenoxy) is 2. The van der Waals surface area contributed by atoms with Crippen LogP contribution in [0.15, 0.2) is 53.8 Å². The second-order valence-corrected chi connectivity index (χ2v) is 7.46. The lowest BCUT2D eigenvalue weighted by molar-refractivity contribution is -0.113. The van der Waals surface area contributed by atoms with Crippen molar-refractivity contribution in [1.82, 2.24) is 19.7 Å². The standard InChI is InChI=1S/C21H21N5O3S/c1-26-20(15-11-22-16-7-5-4-6-14(15)16)24-25-21(26)30-12-19(27)23-17-9-8-13(28-2)10-18(17)29-3/h4-11,22H,12H2,1-3H3,(H,23,27). The Bertz CT molecular complexity index is 1200. The van der Waals surface area contributed by atoms with Gasteiger partial charge in [-0.3, -0.25) is 4.79 Å². The molecule has 0 aliphatic carbocycles. The molecular weight excluding hydrogens is 402 g/mol. The number of hydrogen-bond donors (Lipinski definition) is 2. The summed E-state index contributed by atoms with van der Waals surface area (Å²) in [7, 11) is 5.02. The molecule has 0 saturated carbocycles. The average Bonchev–Trinajstić information content (AvgIpc) is 3.35. The number of para-hydroxylation sites is 1. The molecule has 0 spiro atoms. The first-order valence-corrected chi connectivity index (χ1v) is 10.2. The van der Waals surface area contributed by atoms with Crippen LogP contribution in [0.1, 0.15) is 0 Å². The lowest BCUT2D eigenvalue weighted by Crippen LogP contribution is -2.15. The number of anilines is 1. The Morgan fingerprint density at radius 1 is 1.17 bits per heavy atom. The van der Waals surface area contributed by atoms with E-state index in [1.165, 1.54) is 11.8 Å². The van der Waals surface area contributed by atoms with Crippen molar-refractivity contribution in [2.24, 2.45) is 7.05 Å². The highest BCUT2D eigenvalue weighted by Gasteiger charge is 2.16. The molecule has 2 heterocycles. The Labute approximate surface area is 177 Å². The third-order valence-corrected chi connectivity index (χ3v) is 5.70. The summed E-state index contributed by atoms with van der Waals surface area (Å²) in [4.78, 5) is 15.7. The summed E-state index contributed by atoms with van der Waals surface area (Å²) in [5, 5.41) is 13.2. The quantitative estimate of drug-likeness (QED) is 0.440. The molecule has 2 aromatic carbocycles. The fourth-order valence-corrected chi connectivity index (χ4v) is 3.86. The fourth-order valence-electron chi connectivity index (χ4n) is 3.15. The van der Waals surface area contributed by atoms with Gasteiger partial charge in [-0.2, -0.15) is 0 Å². The van der Waals surface area contributed by atoms with E-state index in [2.05, 4.69) is 20.5 Å². The van der Waals surface area contributed by atoms with Crippen molar-refractivity contribution >= 4 is 34.3 Å². The predicted octanol–water partition coefficient (Wildman–Crippen LogP) is 3.71. The summed E-state index contributed by atoms with van der Waals surface area (Å²) in [5.41, 5.74) is 2.60. The molecule has 0 radical (unpaired) electrons. The summed E-state index contributed by atoms with van der Waals surface area (Å²) >= 11 is 1.32. The van der Waals surface area contributed by atoms with Crippen LogP contribution in [-0.2, 0) is 11.8 Å². The number of nitrogens with one attached hydrogen (secondary N) is 2. The van der Waals surface area contributed by atoms with Crippen molar-refractivity contribution in [3.8, 4) is 22.9 Å². The number of benzene rings is 2. The first-order valence-electron chi connectivity index (χ1n) is 9.21. The van der Waals surface area contributed by atoms with Crippen LogP contribution in [0.4, 0.5) is 5.69 Å². The van der Waals surface area contributed by atoms with Crippen molar-refractivity contribution in [3.05, 3.63) is 48.7 Å². The molecule has 0 atom stereocenters. The highest BCUT2D eigenvalue weighted by atomic mass is 32.2. The zero-order valence-corrected chi connectivity index (χ0v) is 17.6. The molecule has 0 unspecified atom stereocenters. The second-order valence-electron chi connectivity index (χ2n) is 6.52. The van der Waals surface area contributed by atoms with Gasteiger partial charge in [0.2, 0.25) is 5.91 Å². The maximum atomic E-state index is 12.4. The van der Waals surface area contributed by atoms with Gasteiger partial charge in [0.15, 0.2) is 11.0 Å². The third kappa shape index (κ3) is 3.84. The van der Waals surface area contributed by atoms with E-state index in [-0.39, 0.29) is 11.7 Å². The Morgan fingerprint density at radius 2 is 2.00 bits per heavy atom. The van der Waals surface area contributed by atoms with Gasteiger partial charge in [0.1, 0.15) is 11.5 Å². The first kappa shape index (κ1) is 19.8. The fraction of sp³-hybridized carbons (Fsp3) is 0.190. The van der Waals surface area contributed by atoms with Gasteiger partial charge < -0.3 is 24.3 Å². The van der Waals surface area contributed by atoms with Crippen molar-refractivity contribution in [1.29, 1.82) is 0 Å². The predicted molar refractivity (Wildman–Crippen MR) is 117 cm³/mol. The highest BCUT2D eigenvalue weighted by Crippen LogP contribution is 2.31. The van der Waals surface area contributed by atoms with Gasteiger partial charge in [-0.1, -0.05) is 30.0 Å². The zero-order chi connectivity index (χ0) is 21.1. The molecule has 2 aromatic heterocycles. The van der Waals surface area contributed by atoms with Gasteiger partial charge in [-0.15, -0.1) is 10.2 Å². The molecule has 0 fully saturated rings. The molecule has 30 heavy (non-hydrogen) atoms. The number of methoxy groups -OCH3 is 2. The molecule has 4 rings (SSSR count). The monoisotopic (exact) mass is 423 g/mol. The molecule has 0 aliphatic rings. The summed E-state index contributed by atoms with van der Waals surface area (Å²) in [6.07, 6.45) is 1.92. The molecule has 9 heteroatoms. The Morgan fingerprint density at radius 3 is 2.80 bits per heavy atom. The smallest absolute Gasteiger partial charge is 0.234 e. The van der Waals surface area contributed by atoms with E-state index in [9.17, 15) is 4.79 Å². The number of carbonyl (C=O) groups is 1. The van der Waals surface area contributed by atoms with Crippen LogP contribution in [0.25, 0.3) is 22.3 Å². The van der Waals surface area contributed by atoms with Gasteiger partial charge in [0, 0.05) is 35.8 Å². The number of hydrogen-bond acceptors (Lipinski definition) is 6. The lowest BCUT2D eigenvalue weighted by Gasteiger charge is -2.11. The van der Waals surface area contributed by atoms with Gasteiger partial charge in [-0.25, -0.2) is 0 Å². The van der Waals surface area contributed by atoms with E-state index in [4.69, 9.17) is 9.47 Å². The number of carbonyl (C=O) groups excluding carboxylic acids is 1. The molecule has 154 valence electrons. The van der Waals surface area contributed by atoms with Gasteiger partial charge in [0.05, 0.1) is 25.7 Å². The highest BCUT2D eigenvalue weighted by molar-refractivity contribution is 7.99. The van der Waals surface area contributed by atoms with Crippen molar-refractivity contribution in [2.45, 2.75) is 5.16 Å². The zero-order valence-electron chi connectivity index (χ0n) is 16.8. The summed E-state index contributed by atoms with van der Waals surface area (Å²) in [6, 6.07) is 13.3. The van der Waals surface area contributed by atoms with Crippen LogP contribution >= 0.6 is 11.8 Å². The van der Waals surface area contributed by atoms with Gasteiger partial charge in [0.25, 0.3) is 0 Å². The van der Waals surface area contributed by atoms with Crippen molar-refractivity contribution in [2.75, 3.05) is 25.3 Å². The number of H-pyrrole nitrogens is 1. The Balaban J connectivity index is 1.45. The molecule has 1 amide bonds. The van der Waals surface area contributed by atoms with Gasteiger partial charge in [-0.05, 0) is 18.2 Å². The minimum absolute atomic E-state index is 0.167. The Kier molecular flexibility index (Phi) is 5.62. The Hall–Kier alpha value is -3.46. The summed E-state index contributed by atoms with van der Waals surface area (Å²) < 4.78 is 12.4. The number of aromatic amines is 1. The lowest BCUT2D eigenvalue weighted by atomic mass is 10.1. The van der Waals surface area contributed by atoms with Crippen LogP contribution < -0.4 is 14.8 Å². The average molecular weight is 423 g/mol. The van der Waals surface area contributed by atoms with Crippen LogP contribution in [0.3, 0.4) is 0 Å². The maximum Gasteiger partial charge on any atom is 0.234 e. The van der Waals surface area contributed by atoms with E-state index in [1.807, 2.05) is 42.1 Å². The van der Waals surface area contributed by atoms with Crippen LogP contribution in [-0.4, -0.2) is 45.6 Å². The normalized spacial score (nSPS) is 10.9. The molecule has 2 N–H and O–H groups in total. The maximum absolute atomic E-state index is 12.4. The molecule has 0 aliphatic heterocycles. The molecule has 4 aromatic rings. The first-order chi connectivity index (χ1) is 14.6. The number of fused-ring (bicyclic) bond motifs is 1. The minimum atomic E-state index is -0.167. The minimum Gasteiger partial charge on any atom is -0.497 e. The van der Waals surface area contributed by atoms with Crippen LogP contribution in [0.2, 0.25) is 0 Å².